The summed E-state index contributed by atoms with van der Waals surface area (Å²) in [5.41, 5.74) is 1.55. The Kier molecular flexibility index (Phi) is 6.24. The molecule has 0 saturated carbocycles. The quantitative estimate of drug-likeness (QED) is 0.243. The summed E-state index contributed by atoms with van der Waals surface area (Å²) < 4.78 is 3.17. The molecule has 188 valence electrons. The maximum Gasteiger partial charge on any atom is 0.324 e. The fourth-order valence-electron chi connectivity index (χ4n) is 3.47. The zero-order chi connectivity index (χ0) is 26.3. The highest BCUT2D eigenvalue weighted by Gasteiger charge is 2.21. The highest BCUT2D eigenvalue weighted by atomic mass is 32.1. The Hall–Kier alpha value is -4.47. The largest absolute Gasteiger partial charge is 0.324 e. The Morgan fingerprint density at radius 2 is 2.05 bits per heavy atom. The first-order valence-electron chi connectivity index (χ1n) is 10.6. The predicted octanol–water partition coefficient (Wildman–Crippen LogP) is 3.83. The molecule has 0 radical (unpaired) electrons. The van der Waals surface area contributed by atoms with Crippen molar-refractivity contribution in [3.05, 3.63) is 73.7 Å². The van der Waals surface area contributed by atoms with Gasteiger partial charge in [0.15, 0.2) is 5.65 Å². The molecule has 0 aliphatic heterocycles. The fourth-order valence-corrected chi connectivity index (χ4v) is 4.85. The van der Waals surface area contributed by atoms with Crippen molar-refractivity contribution in [2.45, 2.75) is 6.92 Å². The molecular formula is C22H18N8O5S2. The molecule has 5 rings (SSSR count). The summed E-state index contributed by atoms with van der Waals surface area (Å²) in [4.78, 5) is 51.3. The molecule has 5 heterocycles. The van der Waals surface area contributed by atoms with Crippen LogP contribution in [0.1, 0.15) is 24.9 Å². The third-order valence-corrected chi connectivity index (χ3v) is 7.22. The summed E-state index contributed by atoms with van der Waals surface area (Å²) in [6.07, 6.45) is 4.70. The van der Waals surface area contributed by atoms with E-state index in [0.717, 1.165) is 27.0 Å². The van der Waals surface area contributed by atoms with Crippen molar-refractivity contribution >= 4 is 56.3 Å². The molecule has 0 bridgehead atoms. The number of rotatable bonds is 7. The molecule has 0 atom stereocenters. The predicted molar refractivity (Wildman–Crippen MR) is 137 cm³/mol. The van der Waals surface area contributed by atoms with Gasteiger partial charge in [-0.2, -0.15) is 15.1 Å². The van der Waals surface area contributed by atoms with Crippen LogP contribution in [0, 0.1) is 17.0 Å². The summed E-state index contributed by atoms with van der Waals surface area (Å²) in [6.45, 7) is 1.97. The van der Waals surface area contributed by atoms with Gasteiger partial charge in [0.1, 0.15) is 5.82 Å². The van der Waals surface area contributed by atoms with Gasteiger partial charge in [-0.05, 0) is 25.1 Å². The minimum absolute atomic E-state index is 0.148. The highest BCUT2D eigenvalue weighted by molar-refractivity contribution is 7.17. The molecule has 5 aromatic rings. The minimum atomic E-state index is -0.562. The number of carbonyl (C=O) groups excluding carboxylic acids is 2. The van der Waals surface area contributed by atoms with Gasteiger partial charge < -0.3 is 5.32 Å². The number of hydrogen-bond donors (Lipinski definition) is 1. The molecule has 5 aromatic heterocycles. The number of thiophene rings is 2. The number of fused-ring (bicyclic) bond motifs is 1. The summed E-state index contributed by atoms with van der Waals surface area (Å²) in [6, 6.07) is 6.20. The second-order valence-electron chi connectivity index (χ2n) is 7.72. The van der Waals surface area contributed by atoms with Crippen molar-refractivity contribution in [1.29, 1.82) is 0 Å². The number of aryl methyl sites for hydroxylation is 1. The molecule has 0 fully saturated rings. The van der Waals surface area contributed by atoms with E-state index in [1.807, 2.05) is 18.4 Å². The second kappa shape index (κ2) is 9.53. The molecule has 15 heteroatoms. The Labute approximate surface area is 216 Å². The van der Waals surface area contributed by atoms with Crippen LogP contribution >= 0.6 is 22.7 Å². The van der Waals surface area contributed by atoms with E-state index in [-0.39, 0.29) is 27.6 Å². The summed E-state index contributed by atoms with van der Waals surface area (Å²) in [7, 11) is 2.88. The number of hydroxylamine groups is 2. The third-order valence-electron chi connectivity index (χ3n) is 5.34. The zero-order valence-electron chi connectivity index (χ0n) is 19.6. The van der Waals surface area contributed by atoms with Crippen LogP contribution in [0.3, 0.4) is 0 Å². The lowest BCUT2D eigenvalue weighted by atomic mass is 10.3. The molecule has 0 aliphatic rings. The van der Waals surface area contributed by atoms with Gasteiger partial charge >= 0.3 is 5.00 Å². The fraction of sp³-hybridized carbons (Fsp3) is 0.136. The van der Waals surface area contributed by atoms with Gasteiger partial charge in [-0.1, -0.05) is 11.3 Å². The van der Waals surface area contributed by atoms with Crippen LogP contribution in [0.4, 0.5) is 10.8 Å². The van der Waals surface area contributed by atoms with Gasteiger partial charge in [-0.25, -0.2) is 9.75 Å². The van der Waals surface area contributed by atoms with Crippen molar-refractivity contribution < 1.29 is 19.3 Å². The van der Waals surface area contributed by atoms with Crippen LogP contribution in [-0.4, -0.2) is 60.3 Å². The van der Waals surface area contributed by atoms with Crippen molar-refractivity contribution in [3.8, 4) is 11.6 Å². The molecule has 13 nitrogen and oxygen atoms in total. The van der Waals surface area contributed by atoms with E-state index in [4.69, 9.17) is 4.84 Å². The van der Waals surface area contributed by atoms with Crippen molar-refractivity contribution in [1.82, 2.24) is 29.4 Å². The maximum absolute atomic E-state index is 12.9. The monoisotopic (exact) mass is 538 g/mol. The lowest BCUT2D eigenvalue weighted by molar-refractivity contribution is -0.380. The first kappa shape index (κ1) is 24.2. The molecule has 2 amide bonds. The Morgan fingerprint density at radius 3 is 2.73 bits per heavy atom. The highest BCUT2D eigenvalue weighted by Crippen LogP contribution is 2.28. The number of nitrogens with zero attached hydrogens (tertiary/aromatic N) is 7. The molecule has 0 unspecified atom stereocenters. The number of nitrogens with one attached hydrogen (secondary N) is 1. The first-order chi connectivity index (χ1) is 17.7. The number of amides is 2. The van der Waals surface area contributed by atoms with Crippen LogP contribution in [0.25, 0.3) is 22.7 Å². The summed E-state index contributed by atoms with van der Waals surface area (Å²) in [5, 5.41) is 21.5. The number of anilines is 1. The van der Waals surface area contributed by atoms with Gasteiger partial charge in [-0.3, -0.25) is 29.1 Å². The van der Waals surface area contributed by atoms with Crippen molar-refractivity contribution in [2.24, 2.45) is 0 Å². The topological polar surface area (TPSA) is 150 Å². The lowest BCUT2D eigenvalue weighted by Gasteiger charge is -2.12. The Balaban J connectivity index is 1.60. The van der Waals surface area contributed by atoms with E-state index in [9.17, 15) is 19.7 Å². The van der Waals surface area contributed by atoms with Crippen LogP contribution in [-0.2, 0) is 4.84 Å². The van der Waals surface area contributed by atoms with E-state index in [1.165, 1.54) is 37.1 Å². The molecule has 0 aromatic carbocycles. The number of aromatic nitrogens is 5. The van der Waals surface area contributed by atoms with E-state index in [2.05, 4.69) is 20.4 Å². The van der Waals surface area contributed by atoms with Gasteiger partial charge in [0.05, 0.1) is 39.7 Å². The Bertz CT molecular complexity index is 1670. The van der Waals surface area contributed by atoms with Crippen molar-refractivity contribution in [3.63, 3.8) is 0 Å². The van der Waals surface area contributed by atoms with Gasteiger partial charge in [-0.15, -0.1) is 11.3 Å². The second-order valence-corrected chi connectivity index (χ2v) is 9.90. The van der Waals surface area contributed by atoms with Crippen LogP contribution in [0.5, 0.6) is 0 Å². The van der Waals surface area contributed by atoms with Crippen molar-refractivity contribution in [2.75, 3.05) is 19.5 Å². The molecule has 1 N–H and O–H groups in total. The Morgan fingerprint density at radius 1 is 1.24 bits per heavy atom. The first-order valence-corrected chi connectivity index (χ1v) is 12.3. The summed E-state index contributed by atoms with van der Waals surface area (Å²) >= 11 is 2.31. The van der Waals surface area contributed by atoms with Crippen LogP contribution < -0.4 is 5.32 Å². The number of carbonyl (C=O) groups is 2. The summed E-state index contributed by atoms with van der Waals surface area (Å²) in [5.74, 6) is -0.593. The lowest BCUT2D eigenvalue weighted by Crippen LogP contribution is -2.24. The number of nitro groups is 1. The van der Waals surface area contributed by atoms with Gasteiger partial charge in [0, 0.05) is 35.8 Å². The molecule has 0 spiro atoms. The average Bonchev–Trinajstić information content (AvgIpc) is 3.68. The molecule has 0 aliphatic carbocycles. The zero-order valence-corrected chi connectivity index (χ0v) is 21.2. The standard InChI is InChI=1S/C22H18N8O5S2/c1-12-8-14(11-36-12)29-19-15(9-23-29)18(24-20(31)16-4-5-17(37-16)30(33)34)25-22(26-19)28-7-6-13(10-28)21(32)27(2)35-3/h4-11H,1-3H3,(H,24,25,26,31). The SMILES string of the molecule is CON(C)C(=O)c1ccn(-c2nc(NC(=O)c3ccc([N+](=O)[O-])s3)c3cnn(-c4csc(C)c4)c3n2)c1. The van der Waals surface area contributed by atoms with E-state index < -0.39 is 10.8 Å². The average molecular weight is 539 g/mol. The third kappa shape index (κ3) is 4.57. The number of hydrogen-bond acceptors (Lipinski definition) is 10. The van der Waals surface area contributed by atoms with Gasteiger partial charge in [0.25, 0.3) is 11.8 Å². The van der Waals surface area contributed by atoms with Crippen LogP contribution in [0.2, 0.25) is 0 Å². The smallest absolute Gasteiger partial charge is 0.305 e. The minimum Gasteiger partial charge on any atom is -0.305 e. The van der Waals surface area contributed by atoms with E-state index in [0.29, 0.717) is 16.6 Å². The normalized spacial score (nSPS) is 11.1. The maximum atomic E-state index is 12.9. The van der Waals surface area contributed by atoms with E-state index in [1.54, 1.807) is 34.5 Å². The molecular weight excluding hydrogens is 520 g/mol. The molecule has 37 heavy (non-hydrogen) atoms. The van der Waals surface area contributed by atoms with E-state index >= 15 is 0 Å². The van der Waals surface area contributed by atoms with Gasteiger partial charge in [0.2, 0.25) is 5.95 Å². The van der Waals surface area contributed by atoms with Crippen LogP contribution in [0.15, 0.2) is 48.2 Å². The molecule has 0 saturated heterocycles.